The standard InChI is InChI=1S/C9H13BrN2O2S/c1-2-3-8(13)11-12-9(14)6-4-5-7(10)15-6/h4,7H,2-3,5H2,1H3,(H,11,13)(H,12,14). The number of alkyl halides is 1. The monoisotopic (exact) mass is 292 g/mol. The third-order valence-electron chi connectivity index (χ3n) is 1.76. The van der Waals surface area contributed by atoms with E-state index in [1.54, 1.807) is 0 Å². The van der Waals surface area contributed by atoms with Gasteiger partial charge in [0.25, 0.3) is 5.91 Å². The number of nitrogens with one attached hydrogen (secondary N) is 2. The Kier molecular flexibility index (Phi) is 5.17. The third kappa shape index (κ3) is 4.25. The van der Waals surface area contributed by atoms with Crippen LogP contribution in [0.3, 0.4) is 0 Å². The van der Waals surface area contributed by atoms with Crippen LogP contribution in [0.5, 0.6) is 0 Å². The van der Waals surface area contributed by atoms with Crippen LogP contribution in [0, 0.1) is 0 Å². The fraction of sp³-hybridized carbons (Fsp3) is 0.556. The largest absolute Gasteiger partial charge is 0.275 e. The van der Waals surface area contributed by atoms with Crippen molar-refractivity contribution in [2.75, 3.05) is 0 Å². The summed E-state index contributed by atoms with van der Waals surface area (Å²) in [6.45, 7) is 1.91. The maximum absolute atomic E-state index is 11.5. The Hall–Kier alpha value is -0.490. The number of halogens is 1. The molecule has 1 aliphatic rings. The minimum Gasteiger partial charge on any atom is -0.273 e. The Bertz CT molecular complexity index is 294. The summed E-state index contributed by atoms with van der Waals surface area (Å²) < 4.78 is 0.268. The number of hydrogen-bond donors (Lipinski definition) is 2. The van der Waals surface area contributed by atoms with Crippen molar-refractivity contribution in [2.45, 2.75) is 30.3 Å². The fourth-order valence-corrected chi connectivity index (χ4v) is 2.67. The topological polar surface area (TPSA) is 58.2 Å². The first-order chi connectivity index (χ1) is 7.13. The van der Waals surface area contributed by atoms with E-state index in [2.05, 4.69) is 26.8 Å². The van der Waals surface area contributed by atoms with Crippen molar-refractivity contribution in [3.63, 3.8) is 0 Å². The normalized spacial score (nSPS) is 19.6. The van der Waals surface area contributed by atoms with Gasteiger partial charge in [0.15, 0.2) is 0 Å². The van der Waals surface area contributed by atoms with Crippen LogP contribution in [0.4, 0.5) is 0 Å². The number of carbonyl (C=O) groups is 2. The molecule has 2 amide bonds. The van der Waals surface area contributed by atoms with E-state index < -0.39 is 0 Å². The summed E-state index contributed by atoms with van der Waals surface area (Å²) in [7, 11) is 0. The molecule has 0 aliphatic carbocycles. The van der Waals surface area contributed by atoms with Crippen LogP contribution in [-0.2, 0) is 9.59 Å². The second kappa shape index (κ2) is 6.17. The first-order valence-corrected chi connectivity index (χ1v) is 6.53. The van der Waals surface area contributed by atoms with Gasteiger partial charge in [-0.15, -0.1) is 11.8 Å². The summed E-state index contributed by atoms with van der Waals surface area (Å²) in [6, 6.07) is 0. The average molecular weight is 293 g/mol. The summed E-state index contributed by atoms with van der Waals surface area (Å²) in [6.07, 6.45) is 3.87. The van der Waals surface area contributed by atoms with Crippen LogP contribution in [0.15, 0.2) is 11.0 Å². The zero-order valence-electron chi connectivity index (χ0n) is 8.38. The van der Waals surface area contributed by atoms with Crippen molar-refractivity contribution in [1.82, 2.24) is 10.9 Å². The molecule has 0 fully saturated rings. The molecule has 0 bridgehead atoms. The van der Waals surface area contributed by atoms with E-state index in [-0.39, 0.29) is 16.0 Å². The molecule has 0 aromatic carbocycles. The highest BCUT2D eigenvalue weighted by Gasteiger charge is 2.20. The van der Waals surface area contributed by atoms with E-state index in [1.165, 1.54) is 11.8 Å². The lowest BCUT2D eigenvalue weighted by Gasteiger charge is -2.07. The maximum atomic E-state index is 11.5. The van der Waals surface area contributed by atoms with E-state index >= 15 is 0 Å². The Morgan fingerprint density at radius 3 is 2.87 bits per heavy atom. The second-order valence-electron chi connectivity index (χ2n) is 3.08. The van der Waals surface area contributed by atoms with Gasteiger partial charge >= 0.3 is 0 Å². The number of carbonyl (C=O) groups excluding carboxylic acids is 2. The molecule has 0 aromatic heterocycles. The number of hydrazine groups is 1. The lowest BCUT2D eigenvalue weighted by atomic mass is 10.3. The van der Waals surface area contributed by atoms with Crippen molar-refractivity contribution in [1.29, 1.82) is 0 Å². The van der Waals surface area contributed by atoms with Gasteiger partial charge in [-0.1, -0.05) is 28.9 Å². The first-order valence-electron chi connectivity index (χ1n) is 4.73. The lowest BCUT2D eigenvalue weighted by Crippen LogP contribution is -2.41. The molecule has 0 spiro atoms. The Morgan fingerprint density at radius 2 is 2.33 bits per heavy atom. The smallest absolute Gasteiger partial charge is 0.273 e. The highest BCUT2D eigenvalue weighted by atomic mass is 79.9. The second-order valence-corrected chi connectivity index (χ2v) is 6.04. The summed E-state index contributed by atoms with van der Waals surface area (Å²) in [5.74, 6) is -0.406. The van der Waals surface area contributed by atoms with E-state index in [0.717, 1.165) is 12.8 Å². The number of thioether (sulfide) groups is 1. The molecule has 1 rings (SSSR count). The van der Waals surface area contributed by atoms with Crippen LogP contribution >= 0.6 is 27.7 Å². The van der Waals surface area contributed by atoms with Crippen molar-refractivity contribution in [2.24, 2.45) is 0 Å². The Labute approximate surface area is 101 Å². The highest BCUT2D eigenvalue weighted by molar-refractivity contribution is 9.11. The predicted octanol–water partition coefficient (Wildman–Crippen LogP) is 1.68. The minimum atomic E-state index is -0.244. The number of amides is 2. The van der Waals surface area contributed by atoms with E-state index in [1.807, 2.05) is 13.0 Å². The Morgan fingerprint density at radius 1 is 1.60 bits per heavy atom. The maximum Gasteiger partial charge on any atom is 0.275 e. The molecule has 6 heteroatoms. The quantitative estimate of drug-likeness (QED) is 0.615. The van der Waals surface area contributed by atoms with Crippen LogP contribution in [0.1, 0.15) is 26.2 Å². The summed E-state index contributed by atoms with van der Waals surface area (Å²) in [5, 5.41) is 0. The molecular weight excluding hydrogens is 280 g/mol. The molecule has 0 saturated carbocycles. The molecule has 1 aliphatic heterocycles. The summed E-state index contributed by atoms with van der Waals surface area (Å²) >= 11 is 4.85. The van der Waals surface area contributed by atoms with Crippen LogP contribution in [-0.4, -0.2) is 16.0 Å². The highest BCUT2D eigenvalue weighted by Crippen LogP contribution is 2.35. The van der Waals surface area contributed by atoms with Gasteiger partial charge in [0.2, 0.25) is 5.91 Å². The van der Waals surface area contributed by atoms with Crippen molar-refractivity contribution < 1.29 is 9.59 Å². The molecule has 1 atom stereocenters. The van der Waals surface area contributed by atoms with Crippen LogP contribution in [0.25, 0.3) is 0 Å². The molecule has 0 saturated heterocycles. The predicted molar refractivity (Wildman–Crippen MR) is 64.2 cm³/mol. The molecule has 1 heterocycles. The van der Waals surface area contributed by atoms with Gasteiger partial charge in [-0.05, 0) is 12.8 Å². The molecular formula is C9H13BrN2O2S. The first kappa shape index (κ1) is 12.6. The van der Waals surface area contributed by atoms with E-state index in [9.17, 15) is 9.59 Å². The molecule has 84 valence electrons. The fourth-order valence-electron chi connectivity index (χ4n) is 1.06. The molecule has 2 N–H and O–H groups in total. The van der Waals surface area contributed by atoms with Crippen LogP contribution in [0.2, 0.25) is 0 Å². The van der Waals surface area contributed by atoms with Crippen molar-refractivity contribution >= 4 is 39.5 Å². The molecule has 0 radical (unpaired) electrons. The molecule has 0 aromatic rings. The van der Waals surface area contributed by atoms with Gasteiger partial charge in [0.1, 0.15) is 0 Å². The summed E-state index contributed by atoms with van der Waals surface area (Å²) in [5.41, 5.74) is 4.75. The van der Waals surface area contributed by atoms with Crippen LogP contribution < -0.4 is 10.9 Å². The van der Waals surface area contributed by atoms with Gasteiger partial charge < -0.3 is 0 Å². The van der Waals surface area contributed by atoms with E-state index in [4.69, 9.17) is 0 Å². The zero-order valence-corrected chi connectivity index (χ0v) is 10.8. The van der Waals surface area contributed by atoms with E-state index in [0.29, 0.717) is 11.3 Å². The van der Waals surface area contributed by atoms with Gasteiger partial charge in [0, 0.05) is 6.42 Å². The lowest BCUT2D eigenvalue weighted by molar-refractivity contribution is -0.126. The SMILES string of the molecule is CCCC(=O)NNC(=O)C1=CCC(Br)S1. The van der Waals surface area contributed by atoms with Gasteiger partial charge in [-0.2, -0.15) is 0 Å². The van der Waals surface area contributed by atoms with Crippen molar-refractivity contribution in [3.8, 4) is 0 Å². The zero-order chi connectivity index (χ0) is 11.3. The number of hydrogen-bond acceptors (Lipinski definition) is 3. The minimum absolute atomic E-state index is 0.162. The number of rotatable bonds is 3. The van der Waals surface area contributed by atoms with Gasteiger partial charge in [0.05, 0.1) is 9.06 Å². The Balaban J connectivity index is 2.28. The van der Waals surface area contributed by atoms with Gasteiger partial charge in [-0.25, -0.2) is 0 Å². The molecule has 4 nitrogen and oxygen atoms in total. The van der Waals surface area contributed by atoms with Gasteiger partial charge in [-0.3, -0.25) is 20.4 Å². The summed E-state index contributed by atoms with van der Waals surface area (Å²) in [4.78, 5) is 23.2. The molecule has 1 unspecified atom stereocenters. The number of allylic oxidation sites excluding steroid dienone is 1. The average Bonchev–Trinajstić information content (AvgIpc) is 2.62. The van der Waals surface area contributed by atoms with Crippen molar-refractivity contribution in [3.05, 3.63) is 11.0 Å². The third-order valence-corrected chi connectivity index (χ3v) is 3.75. The molecule has 15 heavy (non-hydrogen) atoms.